The predicted octanol–water partition coefficient (Wildman–Crippen LogP) is 4.03. The van der Waals surface area contributed by atoms with Crippen LogP contribution in [0.15, 0.2) is 36.5 Å². The summed E-state index contributed by atoms with van der Waals surface area (Å²) >= 11 is 6.21. The highest BCUT2D eigenvalue weighted by Gasteiger charge is 2.31. The minimum absolute atomic E-state index is 0.267. The van der Waals surface area contributed by atoms with Gasteiger partial charge in [-0.1, -0.05) is 23.7 Å². The van der Waals surface area contributed by atoms with Crippen LogP contribution in [0.4, 0.5) is 0 Å². The Hall–Kier alpha value is -1.38. The van der Waals surface area contributed by atoms with Crippen LogP contribution in [0.5, 0.6) is 0 Å². The number of nitrogens with zero attached hydrogens (tertiary/aromatic N) is 1. The van der Waals surface area contributed by atoms with Crippen molar-refractivity contribution in [2.45, 2.75) is 31.7 Å². The van der Waals surface area contributed by atoms with E-state index < -0.39 is 0 Å². The van der Waals surface area contributed by atoms with Crippen molar-refractivity contribution < 1.29 is 0 Å². The van der Waals surface area contributed by atoms with E-state index in [1.165, 1.54) is 22.4 Å². The maximum absolute atomic E-state index is 6.21. The van der Waals surface area contributed by atoms with Crippen LogP contribution in [0.1, 0.15) is 40.8 Å². The van der Waals surface area contributed by atoms with E-state index in [0.29, 0.717) is 5.92 Å². The number of rotatable bonds is 3. The molecule has 0 saturated carbocycles. The van der Waals surface area contributed by atoms with Gasteiger partial charge < -0.3 is 5.32 Å². The lowest BCUT2D eigenvalue weighted by molar-refractivity contribution is 0.470. The molecule has 2 nitrogen and oxygen atoms in total. The number of benzene rings is 1. The first-order chi connectivity index (χ1) is 9.69. The minimum Gasteiger partial charge on any atom is -0.312 e. The summed E-state index contributed by atoms with van der Waals surface area (Å²) in [6.45, 7) is 2.09. The van der Waals surface area contributed by atoms with Gasteiger partial charge in [0.2, 0.25) is 0 Å². The van der Waals surface area contributed by atoms with Crippen molar-refractivity contribution in [1.29, 1.82) is 0 Å². The van der Waals surface area contributed by atoms with Gasteiger partial charge in [-0.05, 0) is 61.7 Å². The van der Waals surface area contributed by atoms with Gasteiger partial charge in [0, 0.05) is 28.9 Å². The van der Waals surface area contributed by atoms with E-state index in [1.54, 1.807) is 0 Å². The van der Waals surface area contributed by atoms with Gasteiger partial charge in [-0.2, -0.15) is 0 Å². The molecular formula is C17H19ClN2. The molecule has 2 aromatic rings. The third-order valence-corrected chi connectivity index (χ3v) is 4.36. The number of halogens is 1. The molecule has 1 aromatic heterocycles. The quantitative estimate of drug-likeness (QED) is 0.921. The molecule has 20 heavy (non-hydrogen) atoms. The van der Waals surface area contributed by atoms with Crippen LogP contribution in [0.25, 0.3) is 0 Å². The van der Waals surface area contributed by atoms with Gasteiger partial charge >= 0.3 is 0 Å². The van der Waals surface area contributed by atoms with E-state index in [-0.39, 0.29) is 6.04 Å². The summed E-state index contributed by atoms with van der Waals surface area (Å²) in [7, 11) is 2.02. The number of aromatic nitrogens is 1. The highest BCUT2D eigenvalue weighted by Crippen LogP contribution is 2.40. The fourth-order valence-electron chi connectivity index (χ4n) is 3.31. The summed E-state index contributed by atoms with van der Waals surface area (Å²) in [4.78, 5) is 4.61. The number of likely N-dealkylation sites (N-methyl/N-ethyl adjacent to an activating group) is 1. The molecule has 0 spiro atoms. The highest BCUT2D eigenvalue weighted by molar-refractivity contribution is 6.30. The average molecular weight is 287 g/mol. The van der Waals surface area contributed by atoms with Crippen molar-refractivity contribution in [2.75, 3.05) is 7.05 Å². The molecule has 2 atom stereocenters. The number of fused-ring (bicyclic) bond motifs is 1. The van der Waals surface area contributed by atoms with Gasteiger partial charge in [0.05, 0.1) is 0 Å². The molecular weight excluding hydrogens is 268 g/mol. The van der Waals surface area contributed by atoms with E-state index in [1.807, 2.05) is 25.4 Å². The first kappa shape index (κ1) is 13.6. The summed E-state index contributed by atoms with van der Waals surface area (Å²) in [6, 6.07) is 10.8. The summed E-state index contributed by atoms with van der Waals surface area (Å²) in [5, 5.41) is 4.26. The zero-order valence-electron chi connectivity index (χ0n) is 11.9. The predicted molar refractivity (Wildman–Crippen MR) is 83.3 cm³/mol. The Morgan fingerprint density at radius 1 is 1.35 bits per heavy atom. The Morgan fingerprint density at radius 3 is 2.95 bits per heavy atom. The Bertz CT molecular complexity index is 604. The van der Waals surface area contributed by atoms with Crippen LogP contribution < -0.4 is 5.32 Å². The van der Waals surface area contributed by atoms with Crippen molar-refractivity contribution in [2.24, 2.45) is 0 Å². The molecule has 1 aliphatic carbocycles. The van der Waals surface area contributed by atoms with E-state index in [0.717, 1.165) is 17.9 Å². The van der Waals surface area contributed by atoms with Crippen LogP contribution in [0, 0.1) is 6.92 Å². The topological polar surface area (TPSA) is 24.9 Å². The summed E-state index contributed by atoms with van der Waals surface area (Å²) in [5.41, 5.74) is 5.08. The fourth-order valence-corrected chi connectivity index (χ4v) is 3.61. The third-order valence-electron chi connectivity index (χ3n) is 4.14. The fraction of sp³-hybridized carbons (Fsp3) is 0.353. The summed E-state index contributed by atoms with van der Waals surface area (Å²) < 4.78 is 0. The second kappa shape index (κ2) is 5.55. The average Bonchev–Trinajstić information content (AvgIpc) is 2.83. The monoisotopic (exact) mass is 286 g/mol. The molecule has 0 aliphatic heterocycles. The van der Waals surface area contributed by atoms with Gasteiger partial charge in [-0.3, -0.25) is 4.98 Å². The summed E-state index contributed by atoms with van der Waals surface area (Å²) in [6.07, 6.45) is 4.15. The first-order valence-electron chi connectivity index (χ1n) is 7.07. The van der Waals surface area contributed by atoms with Crippen molar-refractivity contribution in [3.8, 4) is 0 Å². The second-order valence-electron chi connectivity index (χ2n) is 5.52. The molecule has 1 aliphatic rings. The lowest BCUT2D eigenvalue weighted by Crippen LogP contribution is -2.23. The van der Waals surface area contributed by atoms with Crippen molar-refractivity contribution >= 4 is 11.6 Å². The molecule has 0 radical (unpaired) electrons. The molecule has 3 rings (SSSR count). The van der Waals surface area contributed by atoms with E-state index in [9.17, 15) is 0 Å². The maximum atomic E-state index is 6.21. The van der Waals surface area contributed by atoms with Crippen LogP contribution >= 0.6 is 11.6 Å². The number of pyridine rings is 1. The van der Waals surface area contributed by atoms with E-state index in [4.69, 9.17) is 11.6 Å². The molecule has 1 heterocycles. The molecule has 1 aromatic carbocycles. The highest BCUT2D eigenvalue weighted by atomic mass is 35.5. The molecule has 0 saturated heterocycles. The second-order valence-corrected chi connectivity index (χ2v) is 5.96. The molecule has 2 unspecified atom stereocenters. The number of hydrogen-bond donors (Lipinski definition) is 1. The van der Waals surface area contributed by atoms with Gasteiger partial charge in [-0.25, -0.2) is 0 Å². The summed E-state index contributed by atoms with van der Waals surface area (Å²) in [5.74, 6) is 0.425. The van der Waals surface area contributed by atoms with E-state index in [2.05, 4.69) is 35.4 Å². The van der Waals surface area contributed by atoms with Crippen molar-refractivity contribution in [3.05, 3.63) is 63.9 Å². The van der Waals surface area contributed by atoms with Crippen LogP contribution in [0.3, 0.4) is 0 Å². The smallest absolute Gasteiger partial charge is 0.0485 e. The van der Waals surface area contributed by atoms with Crippen LogP contribution in [-0.4, -0.2) is 12.0 Å². The molecule has 3 heteroatoms. The van der Waals surface area contributed by atoms with Crippen LogP contribution in [-0.2, 0) is 6.42 Å². The number of nitrogens with one attached hydrogen (secondary N) is 1. The van der Waals surface area contributed by atoms with Gasteiger partial charge in [0.1, 0.15) is 0 Å². The van der Waals surface area contributed by atoms with Crippen molar-refractivity contribution in [1.82, 2.24) is 10.3 Å². The Balaban J connectivity index is 1.99. The lowest BCUT2D eigenvalue weighted by atomic mass is 9.90. The van der Waals surface area contributed by atoms with Gasteiger partial charge in [0.25, 0.3) is 0 Å². The zero-order chi connectivity index (χ0) is 14.1. The Kier molecular flexibility index (Phi) is 3.77. The SMILES string of the molecule is CNC(c1cc(C)cc(Cl)c1)C1CCc2cccnc21. The normalized spacial score (nSPS) is 18.9. The van der Waals surface area contributed by atoms with Crippen molar-refractivity contribution in [3.63, 3.8) is 0 Å². The molecule has 1 N–H and O–H groups in total. The number of hydrogen-bond acceptors (Lipinski definition) is 2. The van der Waals surface area contributed by atoms with E-state index >= 15 is 0 Å². The van der Waals surface area contributed by atoms with Crippen LogP contribution in [0.2, 0.25) is 5.02 Å². The molecule has 0 amide bonds. The number of aryl methyl sites for hydroxylation is 2. The molecule has 104 valence electrons. The Morgan fingerprint density at radius 2 is 2.20 bits per heavy atom. The molecule has 0 fully saturated rings. The standard InChI is InChI=1S/C17H19ClN2/c1-11-8-13(10-14(18)9-11)16(19-2)15-6-5-12-4-3-7-20-17(12)15/h3-4,7-10,15-16,19H,5-6H2,1-2H3. The maximum Gasteiger partial charge on any atom is 0.0485 e. The third kappa shape index (κ3) is 2.46. The first-order valence-corrected chi connectivity index (χ1v) is 7.45. The van der Waals surface area contributed by atoms with Gasteiger partial charge in [-0.15, -0.1) is 0 Å². The zero-order valence-corrected chi connectivity index (χ0v) is 12.6. The minimum atomic E-state index is 0.267. The lowest BCUT2D eigenvalue weighted by Gasteiger charge is -2.24. The van der Waals surface area contributed by atoms with Gasteiger partial charge in [0.15, 0.2) is 0 Å². The largest absolute Gasteiger partial charge is 0.312 e. The Labute approximate surface area is 125 Å². The molecule has 0 bridgehead atoms.